The molecule has 2 aliphatic rings. The number of hydroxylamine groups is 2. The molecule has 0 saturated carbocycles. The highest BCUT2D eigenvalue weighted by Crippen LogP contribution is 2.48. The molecule has 2 aliphatic heterocycles. The average molecular weight is 584 g/mol. The lowest BCUT2D eigenvalue weighted by Crippen LogP contribution is -2.54. The van der Waals surface area contributed by atoms with Crippen LogP contribution in [0.25, 0.3) is 0 Å². The van der Waals surface area contributed by atoms with Crippen molar-refractivity contribution in [3.63, 3.8) is 0 Å². The van der Waals surface area contributed by atoms with Crippen molar-refractivity contribution in [2.45, 2.75) is 12.1 Å². The van der Waals surface area contributed by atoms with E-state index in [0.717, 1.165) is 5.56 Å². The van der Waals surface area contributed by atoms with E-state index in [2.05, 4.69) is 21.2 Å². The Morgan fingerprint density at radius 2 is 1.81 bits per heavy atom. The fourth-order valence-electron chi connectivity index (χ4n) is 4.84. The van der Waals surface area contributed by atoms with Gasteiger partial charge >= 0.3 is 6.09 Å². The van der Waals surface area contributed by atoms with Gasteiger partial charge in [-0.25, -0.2) is 14.2 Å². The zero-order valence-corrected chi connectivity index (χ0v) is 22.0. The Bertz CT molecular complexity index is 1330. The highest BCUT2D eigenvalue weighted by Gasteiger charge is 2.60. The van der Waals surface area contributed by atoms with Crippen LogP contribution in [-0.2, 0) is 21.7 Å². The molecule has 2 unspecified atom stereocenters. The number of carbonyl (C=O) groups excluding carboxylic acids is 2. The number of nitrogens with one attached hydrogen (secondary N) is 1. The van der Waals surface area contributed by atoms with E-state index in [0.29, 0.717) is 15.6 Å². The van der Waals surface area contributed by atoms with E-state index >= 15 is 4.39 Å². The van der Waals surface area contributed by atoms with Crippen LogP contribution in [0.5, 0.6) is 0 Å². The molecule has 0 spiro atoms. The van der Waals surface area contributed by atoms with E-state index in [9.17, 15) is 9.59 Å². The van der Waals surface area contributed by atoms with Crippen molar-refractivity contribution in [3.05, 3.63) is 106 Å². The maximum absolute atomic E-state index is 15.3. The van der Waals surface area contributed by atoms with E-state index in [1.54, 1.807) is 42.5 Å². The largest absolute Gasteiger partial charge is 0.445 e. The number of likely N-dealkylation sites (tertiary alicyclic amines) is 1. The molecule has 0 aliphatic carbocycles. The molecule has 1 N–H and O–H groups in total. The van der Waals surface area contributed by atoms with E-state index in [4.69, 9.17) is 21.8 Å². The van der Waals surface area contributed by atoms with Crippen molar-refractivity contribution in [3.8, 4) is 0 Å². The van der Waals surface area contributed by atoms with E-state index in [1.807, 2.05) is 30.3 Å². The summed E-state index contributed by atoms with van der Waals surface area (Å²) in [5.41, 5.74) is 0.415. The third-order valence-electron chi connectivity index (χ3n) is 6.61. The van der Waals surface area contributed by atoms with Crippen LogP contribution in [0.1, 0.15) is 21.5 Å². The molecule has 0 aromatic heterocycles. The number of hydrogen-bond donors (Lipinski definition) is 1. The zero-order valence-electron chi connectivity index (χ0n) is 19.6. The number of rotatable bonds is 4. The summed E-state index contributed by atoms with van der Waals surface area (Å²) in [6, 6.07) is 22.6. The number of hydrogen-bond acceptors (Lipinski definition) is 5. The number of halogens is 2. The minimum Gasteiger partial charge on any atom is -0.445 e. The lowest BCUT2D eigenvalue weighted by molar-refractivity contribution is -0.105. The summed E-state index contributed by atoms with van der Waals surface area (Å²) >= 11 is 9.01. The molecule has 10 heteroatoms. The molecule has 2 amide bonds. The van der Waals surface area contributed by atoms with Crippen LogP contribution in [0, 0.1) is 11.7 Å². The molecular weight excluding hydrogens is 561 g/mol. The molecule has 37 heavy (non-hydrogen) atoms. The Balaban J connectivity index is 1.42. The Morgan fingerprint density at radius 3 is 2.54 bits per heavy atom. The predicted octanol–water partition coefficient (Wildman–Crippen LogP) is 5.01. The van der Waals surface area contributed by atoms with Crippen LogP contribution in [0.15, 0.2) is 83.3 Å². The van der Waals surface area contributed by atoms with Gasteiger partial charge in [-0.15, -0.1) is 0 Å². The van der Waals surface area contributed by atoms with Crippen LogP contribution in [0.2, 0.25) is 0 Å². The molecule has 2 atom stereocenters. The summed E-state index contributed by atoms with van der Waals surface area (Å²) in [4.78, 5) is 33.3. The highest BCUT2D eigenvalue weighted by atomic mass is 79.9. The number of benzene rings is 3. The summed E-state index contributed by atoms with van der Waals surface area (Å²) in [5, 5.41) is 4.04. The number of nitrogens with zero attached hydrogens (tertiary/aromatic N) is 2. The fourth-order valence-corrected chi connectivity index (χ4v) is 5.51. The van der Waals surface area contributed by atoms with Crippen molar-refractivity contribution in [1.82, 2.24) is 15.3 Å². The number of fused-ring (bicyclic) bond motifs is 1. The predicted molar refractivity (Wildman–Crippen MR) is 142 cm³/mol. The van der Waals surface area contributed by atoms with Gasteiger partial charge in [-0.05, 0) is 48.1 Å². The Labute approximate surface area is 227 Å². The first-order valence-electron chi connectivity index (χ1n) is 11.6. The monoisotopic (exact) mass is 583 g/mol. The van der Waals surface area contributed by atoms with E-state index in [-0.39, 0.29) is 37.3 Å². The molecule has 2 fully saturated rings. The molecule has 3 aromatic carbocycles. The molecule has 0 bridgehead atoms. The van der Waals surface area contributed by atoms with Gasteiger partial charge in [-0.3, -0.25) is 14.9 Å². The van der Waals surface area contributed by atoms with Gasteiger partial charge in [0.05, 0.1) is 13.2 Å². The SMILES string of the molecule is O=C(NC(=S)N1OCC2CN(C(=O)OCc3ccccc3)CC21c1cc(Br)ccc1F)c1ccccc1. The van der Waals surface area contributed by atoms with Crippen molar-refractivity contribution >= 4 is 45.3 Å². The topological polar surface area (TPSA) is 71.1 Å². The van der Waals surface area contributed by atoms with Gasteiger partial charge in [0.2, 0.25) is 5.11 Å². The van der Waals surface area contributed by atoms with E-state index < -0.39 is 23.4 Å². The van der Waals surface area contributed by atoms with Crippen molar-refractivity contribution in [2.24, 2.45) is 5.92 Å². The number of ether oxygens (including phenoxy) is 1. The number of thiocarbonyl (C=S) groups is 1. The minimum absolute atomic E-state index is 0.0183. The van der Waals surface area contributed by atoms with Crippen molar-refractivity contribution in [1.29, 1.82) is 0 Å². The summed E-state index contributed by atoms with van der Waals surface area (Å²) < 4.78 is 21.6. The van der Waals surface area contributed by atoms with Crippen LogP contribution < -0.4 is 5.32 Å². The van der Waals surface area contributed by atoms with Gasteiger partial charge in [-0.1, -0.05) is 64.5 Å². The molecular formula is C27H23BrFN3O4S. The molecule has 3 aromatic rings. The summed E-state index contributed by atoms with van der Waals surface area (Å²) in [6.07, 6.45) is -0.521. The third kappa shape index (κ3) is 4.96. The van der Waals surface area contributed by atoms with Gasteiger partial charge in [0.1, 0.15) is 18.0 Å². The zero-order chi connectivity index (χ0) is 26.0. The number of carbonyl (C=O) groups is 2. The maximum atomic E-state index is 15.3. The number of amides is 2. The molecule has 190 valence electrons. The highest BCUT2D eigenvalue weighted by molar-refractivity contribution is 9.10. The Morgan fingerprint density at radius 1 is 1.11 bits per heavy atom. The molecule has 2 heterocycles. The summed E-state index contributed by atoms with van der Waals surface area (Å²) in [7, 11) is 0. The van der Waals surface area contributed by atoms with E-state index in [1.165, 1.54) is 16.0 Å². The normalized spacial score (nSPS) is 20.4. The van der Waals surface area contributed by atoms with Gasteiger partial charge in [0.25, 0.3) is 5.91 Å². The van der Waals surface area contributed by atoms with Crippen LogP contribution in [-0.4, -0.2) is 46.8 Å². The first-order valence-corrected chi connectivity index (χ1v) is 12.8. The Hall–Kier alpha value is -3.34. The second kappa shape index (κ2) is 10.6. The molecule has 7 nitrogen and oxygen atoms in total. The second-order valence-electron chi connectivity index (χ2n) is 8.88. The lowest BCUT2D eigenvalue weighted by atomic mass is 9.81. The van der Waals surface area contributed by atoms with Gasteiger partial charge in [0, 0.05) is 28.1 Å². The smallest absolute Gasteiger partial charge is 0.410 e. The first-order chi connectivity index (χ1) is 17.9. The van der Waals surface area contributed by atoms with Crippen molar-refractivity contribution in [2.75, 3.05) is 19.7 Å². The standard InChI is InChI=1S/C27H23BrFN3O4S/c28-21-11-12-23(29)22(13-21)27-17-31(26(34)35-15-18-7-3-1-4-8-18)14-20(27)16-36-32(27)25(37)30-24(33)19-9-5-2-6-10-19/h1-13,20H,14-17H2,(H,30,33,37). The van der Waals surface area contributed by atoms with Crippen LogP contribution in [0.4, 0.5) is 9.18 Å². The first kappa shape index (κ1) is 25.3. The molecule has 2 saturated heterocycles. The quantitative estimate of drug-likeness (QED) is 0.435. The Kier molecular flexibility index (Phi) is 7.23. The molecule has 5 rings (SSSR count). The summed E-state index contributed by atoms with van der Waals surface area (Å²) in [5.74, 6) is -1.22. The fraction of sp³-hybridized carbons (Fsp3) is 0.222. The maximum Gasteiger partial charge on any atom is 0.410 e. The minimum atomic E-state index is -1.17. The lowest BCUT2D eigenvalue weighted by Gasteiger charge is -2.37. The second-order valence-corrected chi connectivity index (χ2v) is 10.2. The molecule has 0 radical (unpaired) electrons. The average Bonchev–Trinajstić information content (AvgIpc) is 3.46. The van der Waals surface area contributed by atoms with Crippen LogP contribution in [0.3, 0.4) is 0 Å². The van der Waals surface area contributed by atoms with Crippen molar-refractivity contribution < 1.29 is 23.6 Å². The van der Waals surface area contributed by atoms with Gasteiger partial charge in [0.15, 0.2) is 0 Å². The van der Waals surface area contributed by atoms with Crippen LogP contribution >= 0.6 is 28.1 Å². The van der Waals surface area contributed by atoms with Gasteiger partial charge < -0.3 is 9.64 Å². The third-order valence-corrected chi connectivity index (χ3v) is 7.38. The van der Waals surface area contributed by atoms with Gasteiger partial charge in [-0.2, -0.15) is 0 Å². The summed E-state index contributed by atoms with van der Waals surface area (Å²) in [6.45, 7) is 0.617.